The Hall–Kier alpha value is -3.29. The Balaban J connectivity index is 1.66. The fraction of sp³-hybridized carbons (Fsp3) is 0. The molecule has 0 aliphatic carbocycles. The maximum absolute atomic E-state index is 12.9. The summed E-state index contributed by atoms with van der Waals surface area (Å²) in [4.78, 5) is 23.4. The fourth-order valence-corrected chi connectivity index (χ4v) is 1.69. The van der Waals surface area contributed by atoms with Gasteiger partial charge in [-0.3, -0.25) is 10.6 Å². The van der Waals surface area contributed by atoms with Gasteiger partial charge in [-0.25, -0.2) is 19.2 Å². The van der Waals surface area contributed by atoms with Crippen molar-refractivity contribution in [2.45, 2.75) is 0 Å². The van der Waals surface area contributed by atoms with Crippen LogP contribution in [0.2, 0.25) is 0 Å². The molecule has 0 fully saturated rings. The van der Waals surface area contributed by atoms with E-state index in [4.69, 9.17) is 4.42 Å². The standard InChI is InChI=1S/C14H10FN5O2/c15-10-3-1-9(2-4-10)11-7-22-14(18-11)20-13(21)19-12-5-6-16-8-17-12/h1-8H,(H2,16,17,18,19,20,21). The molecular weight excluding hydrogens is 289 g/mol. The molecule has 3 aromatic rings. The van der Waals surface area contributed by atoms with Crippen molar-refractivity contribution >= 4 is 17.9 Å². The van der Waals surface area contributed by atoms with E-state index in [1.807, 2.05) is 0 Å². The van der Waals surface area contributed by atoms with Crippen molar-refractivity contribution in [1.82, 2.24) is 15.0 Å². The highest BCUT2D eigenvalue weighted by Gasteiger charge is 2.10. The van der Waals surface area contributed by atoms with Gasteiger partial charge < -0.3 is 4.42 Å². The Bertz CT molecular complexity index is 773. The minimum absolute atomic E-state index is 0.0193. The third-order valence-corrected chi connectivity index (χ3v) is 2.69. The van der Waals surface area contributed by atoms with Crippen LogP contribution in [-0.4, -0.2) is 21.0 Å². The van der Waals surface area contributed by atoms with Crippen molar-refractivity contribution in [1.29, 1.82) is 0 Å². The number of aromatic nitrogens is 3. The maximum Gasteiger partial charge on any atom is 0.328 e. The first-order valence-electron chi connectivity index (χ1n) is 6.26. The van der Waals surface area contributed by atoms with Crippen LogP contribution in [0.5, 0.6) is 0 Å². The molecule has 0 saturated carbocycles. The van der Waals surface area contributed by atoms with E-state index < -0.39 is 6.03 Å². The quantitative estimate of drug-likeness (QED) is 0.775. The third kappa shape index (κ3) is 3.23. The number of anilines is 2. The molecule has 2 heterocycles. The molecule has 110 valence electrons. The molecule has 0 atom stereocenters. The average Bonchev–Trinajstić information content (AvgIpc) is 2.97. The van der Waals surface area contributed by atoms with E-state index in [1.54, 1.807) is 18.2 Å². The second kappa shape index (κ2) is 6.00. The molecule has 0 unspecified atom stereocenters. The van der Waals surface area contributed by atoms with Gasteiger partial charge in [-0.2, -0.15) is 4.98 Å². The van der Waals surface area contributed by atoms with Crippen LogP contribution >= 0.6 is 0 Å². The molecule has 0 spiro atoms. The monoisotopic (exact) mass is 299 g/mol. The zero-order valence-corrected chi connectivity index (χ0v) is 11.2. The van der Waals surface area contributed by atoms with Crippen molar-refractivity contribution in [2.75, 3.05) is 10.6 Å². The van der Waals surface area contributed by atoms with Crippen LogP contribution in [0.3, 0.4) is 0 Å². The van der Waals surface area contributed by atoms with Crippen LogP contribution in [0.1, 0.15) is 0 Å². The number of nitrogens with zero attached hydrogens (tertiary/aromatic N) is 3. The molecule has 2 N–H and O–H groups in total. The maximum atomic E-state index is 12.9. The van der Waals surface area contributed by atoms with Crippen molar-refractivity contribution in [3.63, 3.8) is 0 Å². The summed E-state index contributed by atoms with van der Waals surface area (Å²) in [7, 11) is 0. The topological polar surface area (TPSA) is 92.9 Å². The SMILES string of the molecule is O=C(Nc1ccncn1)Nc1nc(-c2ccc(F)cc2)co1. The van der Waals surface area contributed by atoms with E-state index in [1.165, 1.54) is 30.9 Å². The van der Waals surface area contributed by atoms with E-state index in [0.29, 0.717) is 17.1 Å². The fourth-order valence-electron chi connectivity index (χ4n) is 1.69. The van der Waals surface area contributed by atoms with Crippen molar-refractivity contribution in [2.24, 2.45) is 0 Å². The summed E-state index contributed by atoms with van der Waals surface area (Å²) >= 11 is 0. The van der Waals surface area contributed by atoms with E-state index in [0.717, 1.165) is 0 Å². The first-order chi connectivity index (χ1) is 10.7. The predicted octanol–water partition coefficient (Wildman–Crippen LogP) is 2.91. The number of benzene rings is 1. The number of nitrogens with one attached hydrogen (secondary N) is 2. The molecule has 0 radical (unpaired) electrons. The lowest BCUT2D eigenvalue weighted by molar-refractivity contribution is 0.261. The molecule has 1 aromatic carbocycles. The first kappa shape index (κ1) is 13.7. The summed E-state index contributed by atoms with van der Waals surface area (Å²) in [6, 6.07) is 6.78. The highest BCUT2D eigenvalue weighted by atomic mass is 19.1. The van der Waals surface area contributed by atoms with Gasteiger partial charge in [-0.05, 0) is 30.3 Å². The number of carbonyl (C=O) groups excluding carboxylic acids is 1. The molecule has 8 heteroatoms. The normalized spacial score (nSPS) is 10.2. The Morgan fingerprint density at radius 1 is 1.14 bits per heavy atom. The second-order valence-corrected chi connectivity index (χ2v) is 4.22. The van der Waals surface area contributed by atoms with Gasteiger partial charge in [-0.1, -0.05) is 0 Å². The van der Waals surface area contributed by atoms with Crippen LogP contribution in [0.15, 0.2) is 53.5 Å². The minimum atomic E-state index is -0.550. The smallest absolute Gasteiger partial charge is 0.328 e. The Kier molecular flexibility index (Phi) is 3.73. The average molecular weight is 299 g/mol. The van der Waals surface area contributed by atoms with Crippen molar-refractivity contribution in [3.8, 4) is 11.3 Å². The number of halogens is 1. The molecule has 0 saturated heterocycles. The largest absolute Gasteiger partial charge is 0.431 e. The lowest BCUT2D eigenvalue weighted by Crippen LogP contribution is -2.20. The van der Waals surface area contributed by atoms with E-state index in [2.05, 4.69) is 25.6 Å². The van der Waals surface area contributed by atoms with Gasteiger partial charge in [0.2, 0.25) is 0 Å². The summed E-state index contributed by atoms with van der Waals surface area (Å²) in [5.41, 5.74) is 1.16. The summed E-state index contributed by atoms with van der Waals surface area (Å²) in [5.74, 6) is 0.00707. The van der Waals surface area contributed by atoms with Crippen LogP contribution in [0.4, 0.5) is 21.0 Å². The number of urea groups is 1. The molecule has 0 aliphatic heterocycles. The summed E-state index contributed by atoms with van der Waals surface area (Å²) in [5, 5.41) is 4.93. The predicted molar refractivity (Wildman–Crippen MR) is 76.6 cm³/mol. The highest BCUT2D eigenvalue weighted by Crippen LogP contribution is 2.20. The van der Waals surface area contributed by atoms with Gasteiger partial charge in [0.25, 0.3) is 0 Å². The lowest BCUT2D eigenvalue weighted by Gasteiger charge is -2.02. The van der Waals surface area contributed by atoms with Crippen LogP contribution < -0.4 is 10.6 Å². The third-order valence-electron chi connectivity index (χ3n) is 2.69. The summed E-state index contributed by atoms with van der Waals surface area (Å²) in [6.07, 6.45) is 4.18. The Labute approximate surface area is 124 Å². The van der Waals surface area contributed by atoms with Gasteiger partial charge in [0.15, 0.2) is 0 Å². The Morgan fingerprint density at radius 2 is 1.95 bits per heavy atom. The number of rotatable bonds is 3. The molecule has 2 aromatic heterocycles. The summed E-state index contributed by atoms with van der Waals surface area (Å²) in [6.45, 7) is 0. The van der Waals surface area contributed by atoms with Crippen LogP contribution in [-0.2, 0) is 0 Å². The van der Waals surface area contributed by atoms with Gasteiger partial charge in [0, 0.05) is 11.8 Å². The first-order valence-corrected chi connectivity index (χ1v) is 6.26. The lowest BCUT2D eigenvalue weighted by atomic mass is 10.2. The van der Waals surface area contributed by atoms with E-state index in [9.17, 15) is 9.18 Å². The van der Waals surface area contributed by atoms with Crippen LogP contribution in [0.25, 0.3) is 11.3 Å². The number of hydrogen-bond donors (Lipinski definition) is 2. The number of hydrogen-bond acceptors (Lipinski definition) is 5. The number of carbonyl (C=O) groups is 1. The van der Waals surface area contributed by atoms with Crippen LogP contribution in [0, 0.1) is 5.82 Å². The molecule has 7 nitrogen and oxygen atoms in total. The minimum Gasteiger partial charge on any atom is -0.431 e. The molecule has 3 rings (SSSR count). The molecule has 0 aliphatic rings. The zero-order valence-electron chi connectivity index (χ0n) is 11.2. The van der Waals surface area contributed by atoms with Crippen molar-refractivity contribution in [3.05, 3.63) is 54.9 Å². The van der Waals surface area contributed by atoms with Gasteiger partial charge in [0.1, 0.15) is 29.9 Å². The van der Waals surface area contributed by atoms with Gasteiger partial charge >= 0.3 is 12.0 Å². The second-order valence-electron chi connectivity index (χ2n) is 4.22. The zero-order chi connectivity index (χ0) is 15.4. The van der Waals surface area contributed by atoms with E-state index >= 15 is 0 Å². The summed E-state index contributed by atoms with van der Waals surface area (Å²) < 4.78 is 18.0. The molecule has 0 bridgehead atoms. The number of amides is 2. The molecule has 2 amide bonds. The van der Waals surface area contributed by atoms with Gasteiger partial charge in [0.05, 0.1) is 0 Å². The van der Waals surface area contributed by atoms with Crippen molar-refractivity contribution < 1.29 is 13.6 Å². The van der Waals surface area contributed by atoms with Gasteiger partial charge in [-0.15, -0.1) is 0 Å². The molecular formula is C14H10FN5O2. The molecule has 22 heavy (non-hydrogen) atoms. The van der Waals surface area contributed by atoms with E-state index in [-0.39, 0.29) is 11.8 Å². The number of oxazole rings is 1. The Morgan fingerprint density at radius 3 is 2.68 bits per heavy atom. The highest BCUT2D eigenvalue weighted by molar-refractivity contribution is 5.97.